The van der Waals surface area contributed by atoms with Gasteiger partial charge in [-0.2, -0.15) is 11.8 Å². The number of thioether (sulfide) groups is 1. The summed E-state index contributed by atoms with van der Waals surface area (Å²) in [4.78, 5) is 10.2. The number of hydrogen-bond donors (Lipinski definition) is 2. The third-order valence-electron chi connectivity index (χ3n) is 2.75. The SMILES string of the molecule is CCNc1nc(CSC(C)CCO)nc2sccc12. The lowest BCUT2D eigenvalue weighted by atomic mass is 10.3. The maximum absolute atomic E-state index is 8.91. The number of fused-ring (bicyclic) bond motifs is 1. The minimum atomic E-state index is 0.238. The Labute approximate surface area is 121 Å². The van der Waals surface area contributed by atoms with Gasteiger partial charge < -0.3 is 10.4 Å². The highest BCUT2D eigenvalue weighted by atomic mass is 32.2. The summed E-state index contributed by atoms with van der Waals surface area (Å²) < 4.78 is 0. The Bertz CT molecular complexity index is 530. The fraction of sp³-hybridized carbons (Fsp3) is 0.538. The van der Waals surface area contributed by atoms with E-state index in [1.807, 2.05) is 5.38 Å². The molecule has 0 aliphatic carbocycles. The number of thiophene rings is 1. The van der Waals surface area contributed by atoms with Gasteiger partial charge in [-0.15, -0.1) is 11.3 Å². The number of anilines is 1. The molecule has 0 spiro atoms. The number of hydrogen-bond acceptors (Lipinski definition) is 6. The molecule has 2 aromatic rings. The van der Waals surface area contributed by atoms with Gasteiger partial charge in [0, 0.05) is 18.4 Å². The molecule has 0 bridgehead atoms. The molecule has 19 heavy (non-hydrogen) atoms. The molecule has 0 saturated heterocycles. The van der Waals surface area contributed by atoms with Crippen molar-refractivity contribution in [1.29, 1.82) is 0 Å². The van der Waals surface area contributed by atoms with Crippen LogP contribution < -0.4 is 5.32 Å². The highest BCUT2D eigenvalue weighted by Gasteiger charge is 2.10. The maximum atomic E-state index is 8.91. The van der Waals surface area contributed by atoms with Gasteiger partial charge >= 0.3 is 0 Å². The number of rotatable bonds is 7. The number of nitrogens with one attached hydrogen (secondary N) is 1. The van der Waals surface area contributed by atoms with Crippen LogP contribution in [0.1, 0.15) is 26.1 Å². The third-order valence-corrected chi connectivity index (χ3v) is 4.78. The van der Waals surface area contributed by atoms with Gasteiger partial charge in [0.05, 0.1) is 11.1 Å². The zero-order valence-corrected chi connectivity index (χ0v) is 12.9. The standard InChI is InChI=1S/C13H19N3OS2/c1-3-14-12-10-5-7-18-13(10)16-11(15-12)8-19-9(2)4-6-17/h5,7,9,17H,3-4,6,8H2,1-2H3,(H,14,15,16). The van der Waals surface area contributed by atoms with Gasteiger partial charge in [-0.1, -0.05) is 6.92 Å². The summed E-state index contributed by atoms with van der Waals surface area (Å²) in [6.07, 6.45) is 0.811. The molecule has 4 nitrogen and oxygen atoms in total. The normalized spacial score (nSPS) is 12.8. The van der Waals surface area contributed by atoms with Gasteiger partial charge in [0.1, 0.15) is 16.5 Å². The van der Waals surface area contributed by atoms with Gasteiger partial charge in [-0.3, -0.25) is 0 Å². The monoisotopic (exact) mass is 297 g/mol. The van der Waals surface area contributed by atoms with E-state index in [1.165, 1.54) is 0 Å². The summed E-state index contributed by atoms with van der Waals surface area (Å²) in [7, 11) is 0. The van der Waals surface area contributed by atoms with Crippen LogP contribution in [0.4, 0.5) is 5.82 Å². The fourth-order valence-corrected chi connectivity index (χ4v) is 3.37. The van der Waals surface area contributed by atoms with E-state index in [4.69, 9.17) is 5.11 Å². The van der Waals surface area contributed by atoms with Gasteiger partial charge in [0.15, 0.2) is 0 Å². The van der Waals surface area contributed by atoms with Crippen molar-refractivity contribution in [3.05, 3.63) is 17.3 Å². The Hall–Kier alpha value is -0.850. The van der Waals surface area contributed by atoms with Crippen LogP contribution in [0.5, 0.6) is 0 Å². The largest absolute Gasteiger partial charge is 0.396 e. The van der Waals surface area contributed by atoms with Crippen LogP contribution in [-0.2, 0) is 5.75 Å². The second kappa shape index (κ2) is 7.07. The Kier molecular flexibility index (Phi) is 5.42. The van der Waals surface area contributed by atoms with Crippen LogP contribution in [-0.4, -0.2) is 33.5 Å². The average Bonchev–Trinajstić information content (AvgIpc) is 2.85. The molecule has 1 atom stereocenters. The molecule has 0 aliphatic rings. The Morgan fingerprint density at radius 3 is 3.05 bits per heavy atom. The highest BCUT2D eigenvalue weighted by molar-refractivity contribution is 7.99. The van der Waals surface area contributed by atoms with Crippen LogP contribution in [0, 0.1) is 0 Å². The first kappa shape index (κ1) is 14.6. The average molecular weight is 297 g/mol. The van der Waals surface area contributed by atoms with E-state index in [2.05, 4.69) is 35.2 Å². The van der Waals surface area contributed by atoms with Crippen LogP contribution in [0.25, 0.3) is 10.2 Å². The summed E-state index contributed by atoms with van der Waals surface area (Å²) in [5.74, 6) is 2.58. The summed E-state index contributed by atoms with van der Waals surface area (Å²) in [6, 6.07) is 2.06. The molecule has 0 aliphatic heterocycles. The maximum Gasteiger partial charge on any atom is 0.142 e. The number of aliphatic hydroxyl groups excluding tert-OH is 1. The van der Waals surface area contributed by atoms with E-state index in [-0.39, 0.29) is 6.61 Å². The van der Waals surface area contributed by atoms with Crippen LogP contribution >= 0.6 is 23.1 Å². The fourth-order valence-electron chi connectivity index (χ4n) is 1.75. The van der Waals surface area contributed by atoms with E-state index in [9.17, 15) is 0 Å². The van der Waals surface area contributed by atoms with E-state index in [0.717, 1.165) is 40.6 Å². The lowest BCUT2D eigenvalue weighted by Crippen LogP contribution is -2.05. The lowest BCUT2D eigenvalue weighted by Gasteiger charge is -2.10. The first-order valence-electron chi connectivity index (χ1n) is 6.45. The molecule has 104 valence electrons. The van der Waals surface area contributed by atoms with E-state index < -0.39 is 0 Å². The summed E-state index contributed by atoms with van der Waals surface area (Å²) in [6.45, 7) is 5.28. The summed E-state index contributed by atoms with van der Waals surface area (Å²) in [5.41, 5.74) is 0. The minimum Gasteiger partial charge on any atom is -0.396 e. The molecule has 2 aromatic heterocycles. The molecule has 0 radical (unpaired) electrons. The second-order valence-electron chi connectivity index (χ2n) is 4.29. The lowest BCUT2D eigenvalue weighted by molar-refractivity contribution is 0.289. The first-order valence-corrected chi connectivity index (χ1v) is 8.38. The predicted molar refractivity (Wildman–Crippen MR) is 84.0 cm³/mol. The van der Waals surface area contributed by atoms with Crippen molar-refractivity contribution >= 4 is 39.1 Å². The van der Waals surface area contributed by atoms with E-state index >= 15 is 0 Å². The molecule has 0 aromatic carbocycles. The summed E-state index contributed by atoms with van der Waals surface area (Å²) in [5, 5.41) is 15.8. The van der Waals surface area contributed by atoms with Crippen molar-refractivity contribution in [3.8, 4) is 0 Å². The van der Waals surface area contributed by atoms with E-state index in [0.29, 0.717) is 5.25 Å². The number of aliphatic hydroxyl groups is 1. The molecular weight excluding hydrogens is 278 g/mol. The molecule has 0 saturated carbocycles. The molecular formula is C13H19N3OS2. The van der Waals surface area contributed by atoms with Gasteiger partial charge in [0.25, 0.3) is 0 Å². The van der Waals surface area contributed by atoms with Crippen LogP contribution in [0.15, 0.2) is 11.4 Å². The quantitative estimate of drug-likeness (QED) is 0.822. The third kappa shape index (κ3) is 3.81. The van der Waals surface area contributed by atoms with Crippen molar-refractivity contribution in [2.75, 3.05) is 18.5 Å². The number of aromatic nitrogens is 2. The molecule has 1 unspecified atom stereocenters. The van der Waals surface area contributed by atoms with Crippen molar-refractivity contribution in [1.82, 2.24) is 9.97 Å². The molecule has 6 heteroatoms. The van der Waals surface area contributed by atoms with Crippen molar-refractivity contribution in [2.24, 2.45) is 0 Å². The topological polar surface area (TPSA) is 58.0 Å². The second-order valence-corrected chi connectivity index (χ2v) is 6.61. The van der Waals surface area contributed by atoms with Crippen molar-refractivity contribution < 1.29 is 5.11 Å². The molecule has 2 N–H and O–H groups in total. The number of nitrogens with zero attached hydrogens (tertiary/aromatic N) is 2. The first-order chi connectivity index (χ1) is 9.24. The molecule has 0 amide bonds. The molecule has 0 fully saturated rings. The molecule has 2 heterocycles. The Morgan fingerprint density at radius 2 is 2.32 bits per heavy atom. The zero-order valence-electron chi connectivity index (χ0n) is 11.2. The van der Waals surface area contributed by atoms with Gasteiger partial charge in [0.2, 0.25) is 0 Å². The Morgan fingerprint density at radius 1 is 1.47 bits per heavy atom. The van der Waals surface area contributed by atoms with Crippen LogP contribution in [0.2, 0.25) is 0 Å². The van der Waals surface area contributed by atoms with Crippen molar-refractivity contribution in [3.63, 3.8) is 0 Å². The smallest absolute Gasteiger partial charge is 0.142 e. The van der Waals surface area contributed by atoms with Gasteiger partial charge in [-0.05, 0) is 24.8 Å². The van der Waals surface area contributed by atoms with E-state index in [1.54, 1.807) is 23.1 Å². The molecule has 2 rings (SSSR count). The predicted octanol–water partition coefficient (Wildman–Crippen LogP) is 3.13. The highest BCUT2D eigenvalue weighted by Crippen LogP contribution is 2.27. The summed E-state index contributed by atoms with van der Waals surface area (Å²) >= 11 is 3.43. The minimum absolute atomic E-state index is 0.238. The van der Waals surface area contributed by atoms with Gasteiger partial charge in [-0.25, -0.2) is 9.97 Å². The Balaban J connectivity index is 2.14. The van der Waals surface area contributed by atoms with Crippen molar-refractivity contribution in [2.45, 2.75) is 31.3 Å². The zero-order chi connectivity index (χ0) is 13.7. The van der Waals surface area contributed by atoms with Crippen LogP contribution in [0.3, 0.4) is 0 Å².